The first-order valence-corrected chi connectivity index (χ1v) is 9.24. The summed E-state index contributed by atoms with van der Waals surface area (Å²) in [7, 11) is 2.99. The number of ketones is 1. The molecule has 1 aliphatic rings. The Hall–Kier alpha value is -2.52. The Morgan fingerprint density at radius 1 is 1.23 bits per heavy atom. The average Bonchev–Trinajstić information content (AvgIpc) is 3.24. The van der Waals surface area contributed by atoms with Crippen molar-refractivity contribution >= 4 is 28.3 Å². The third-order valence-electron chi connectivity index (χ3n) is 4.85. The van der Waals surface area contributed by atoms with Crippen LogP contribution in [-0.2, 0) is 38.4 Å². The molecule has 136 valence electrons. The lowest BCUT2D eigenvalue weighted by Crippen LogP contribution is -2.38. The largest absolute Gasteiger partial charge is 0.332 e. The molecule has 8 nitrogen and oxygen atoms in total. The van der Waals surface area contributed by atoms with Gasteiger partial charge in [-0.25, -0.2) is 9.78 Å². The molecule has 0 aromatic carbocycles. The molecule has 0 radical (unpaired) electrons. The summed E-state index contributed by atoms with van der Waals surface area (Å²) in [6, 6.07) is 2.12. The number of rotatable bonds is 4. The molecule has 0 N–H and O–H groups in total. The maximum atomic E-state index is 12.6. The van der Waals surface area contributed by atoms with E-state index < -0.39 is 11.2 Å². The first kappa shape index (κ1) is 16.9. The van der Waals surface area contributed by atoms with E-state index in [1.54, 1.807) is 23.0 Å². The smallest absolute Gasteiger partial charge is 0.317 e. The zero-order chi connectivity index (χ0) is 18.4. The van der Waals surface area contributed by atoms with Crippen LogP contribution in [0.4, 0.5) is 0 Å². The van der Waals surface area contributed by atoms with Gasteiger partial charge >= 0.3 is 5.69 Å². The maximum absolute atomic E-state index is 12.6. The molecule has 0 fully saturated rings. The van der Waals surface area contributed by atoms with Gasteiger partial charge in [0.05, 0.1) is 19.4 Å². The number of fused-ring (bicyclic) bond motifs is 2. The van der Waals surface area contributed by atoms with Crippen molar-refractivity contribution in [3.05, 3.63) is 49.1 Å². The highest BCUT2D eigenvalue weighted by molar-refractivity contribution is 7.10. The van der Waals surface area contributed by atoms with Gasteiger partial charge in [-0.1, -0.05) is 0 Å². The molecule has 0 bridgehead atoms. The molecule has 0 saturated heterocycles. The Morgan fingerprint density at radius 2 is 2.04 bits per heavy atom. The molecule has 3 aromatic rings. The summed E-state index contributed by atoms with van der Waals surface area (Å²) in [5.41, 5.74) is 1.01. The van der Waals surface area contributed by atoms with Gasteiger partial charge in [0.1, 0.15) is 0 Å². The number of aryl methyl sites for hydroxylation is 1. The molecule has 1 aliphatic heterocycles. The maximum Gasteiger partial charge on any atom is 0.332 e. The highest BCUT2D eigenvalue weighted by Crippen LogP contribution is 2.23. The number of hydrogen-bond donors (Lipinski definition) is 0. The van der Waals surface area contributed by atoms with E-state index >= 15 is 0 Å². The van der Waals surface area contributed by atoms with Crippen LogP contribution < -0.4 is 11.2 Å². The Bertz CT molecular complexity index is 1120. The minimum absolute atomic E-state index is 0.0129. The van der Waals surface area contributed by atoms with E-state index in [9.17, 15) is 14.4 Å². The number of imidazole rings is 1. The van der Waals surface area contributed by atoms with Gasteiger partial charge in [0.2, 0.25) is 0 Å². The van der Waals surface area contributed by atoms with E-state index in [4.69, 9.17) is 0 Å². The Balaban J connectivity index is 1.55. The van der Waals surface area contributed by atoms with Gasteiger partial charge < -0.3 is 4.57 Å². The topological polar surface area (TPSA) is 82.1 Å². The molecular weight excluding hydrogens is 354 g/mol. The van der Waals surface area contributed by atoms with Crippen molar-refractivity contribution in [3.63, 3.8) is 0 Å². The lowest BCUT2D eigenvalue weighted by Gasteiger charge is -2.26. The number of nitrogens with zero attached hydrogens (tertiary/aromatic N) is 5. The Labute approximate surface area is 152 Å². The number of Topliss-reactive ketones (excluding diaryl/α,β-unsaturated/α-hetero) is 1. The molecule has 4 heterocycles. The van der Waals surface area contributed by atoms with Crippen LogP contribution in [-0.4, -0.2) is 42.5 Å². The van der Waals surface area contributed by atoms with Crippen molar-refractivity contribution in [2.45, 2.75) is 19.5 Å². The summed E-state index contributed by atoms with van der Waals surface area (Å²) in [6.45, 7) is 2.05. The fourth-order valence-electron chi connectivity index (χ4n) is 3.45. The predicted molar refractivity (Wildman–Crippen MR) is 98.5 cm³/mol. The second-order valence-electron chi connectivity index (χ2n) is 6.62. The van der Waals surface area contributed by atoms with Crippen LogP contribution in [0.2, 0.25) is 0 Å². The molecule has 0 unspecified atom stereocenters. The fraction of sp³-hybridized carbons (Fsp3) is 0.412. The van der Waals surface area contributed by atoms with E-state index in [1.165, 1.54) is 28.4 Å². The third kappa shape index (κ3) is 2.73. The first-order chi connectivity index (χ1) is 12.5. The summed E-state index contributed by atoms with van der Waals surface area (Å²) in [6.07, 6.45) is 2.42. The van der Waals surface area contributed by atoms with Crippen LogP contribution in [0.5, 0.6) is 0 Å². The van der Waals surface area contributed by atoms with E-state index in [2.05, 4.69) is 21.3 Å². The van der Waals surface area contributed by atoms with Crippen molar-refractivity contribution in [2.75, 3.05) is 13.1 Å². The molecule has 0 saturated carbocycles. The van der Waals surface area contributed by atoms with Gasteiger partial charge in [-0.2, -0.15) is 0 Å². The van der Waals surface area contributed by atoms with Crippen molar-refractivity contribution in [1.29, 1.82) is 0 Å². The van der Waals surface area contributed by atoms with Crippen molar-refractivity contribution in [2.24, 2.45) is 14.1 Å². The molecule has 26 heavy (non-hydrogen) atoms. The van der Waals surface area contributed by atoms with Crippen molar-refractivity contribution < 1.29 is 4.79 Å². The zero-order valence-electron chi connectivity index (χ0n) is 14.6. The lowest BCUT2D eigenvalue weighted by atomic mass is 10.1. The molecule has 4 rings (SSSR count). The second kappa shape index (κ2) is 6.33. The van der Waals surface area contributed by atoms with Crippen LogP contribution in [0.25, 0.3) is 11.2 Å². The number of aromatic nitrogens is 4. The molecule has 0 spiro atoms. The van der Waals surface area contributed by atoms with Gasteiger partial charge in [-0.15, -0.1) is 11.3 Å². The second-order valence-corrected chi connectivity index (χ2v) is 7.62. The quantitative estimate of drug-likeness (QED) is 0.649. The minimum atomic E-state index is -0.436. The van der Waals surface area contributed by atoms with Gasteiger partial charge in [0.25, 0.3) is 5.56 Å². The molecule has 9 heteroatoms. The first-order valence-electron chi connectivity index (χ1n) is 8.36. The van der Waals surface area contributed by atoms with E-state index in [-0.39, 0.29) is 17.8 Å². The highest BCUT2D eigenvalue weighted by atomic mass is 32.1. The van der Waals surface area contributed by atoms with E-state index in [1.807, 2.05) is 0 Å². The number of hydrogen-bond acceptors (Lipinski definition) is 6. The third-order valence-corrected chi connectivity index (χ3v) is 5.87. The molecule has 0 aliphatic carbocycles. The number of thiophene rings is 1. The van der Waals surface area contributed by atoms with E-state index in [0.29, 0.717) is 12.2 Å². The molecule has 3 aromatic heterocycles. The van der Waals surface area contributed by atoms with Gasteiger partial charge in [0.15, 0.2) is 16.9 Å². The predicted octanol–water partition coefficient (Wildman–Crippen LogP) is 0.123. The van der Waals surface area contributed by atoms with Crippen molar-refractivity contribution in [1.82, 2.24) is 23.6 Å². The summed E-state index contributed by atoms with van der Waals surface area (Å²) < 4.78 is 3.90. The van der Waals surface area contributed by atoms with E-state index in [0.717, 1.165) is 24.1 Å². The minimum Gasteiger partial charge on any atom is -0.317 e. The Morgan fingerprint density at radius 3 is 2.85 bits per heavy atom. The summed E-state index contributed by atoms with van der Waals surface area (Å²) >= 11 is 1.77. The Kier molecular flexibility index (Phi) is 4.12. The summed E-state index contributed by atoms with van der Waals surface area (Å²) in [4.78, 5) is 44.6. The SMILES string of the molecule is Cn1c(=O)c2c(ncn2CC(=O)CN2CCc3sccc3C2)n(C)c1=O. The van der Waals surface area contributed by atoms with Crippen LogP contribution in [0.1, 0.15) is 10.4 Å². The molecule has 0 atom stereocenters. The standard InChI is InChI=1S/C17H19N5O3S/c1-19-15-14(16(24)20(2)17(19)25)22(10-18-15)9-12(23)8-21-5-3-13-11(7-21)4-6-26-13/h4,6,10H,3,5,7-9H2,1-2H3. The van der Waals surface area contributed by atoms with Gasteiger partial charge in [0, 0.05) is 32.1 Å². The zero-order valence-corrected chi connectivity index (χ0v) is 15.5. The normalized spacial score (nSPS) is 14.7. The molecule has 0 amide bonds. The fourth-order valence-corrected chi connectivity index (χ4v) is 4.34. The van der Waals surface area contributed by atoms with Crippen molar-refractivity contribution in [3.8, 4) is 0 Å². The van der Waals surface area contributed by atoms with Crippen LogP contribution in [0, 0.1) is 0 Å². The van der Waals surface area contributed by atoms with Crippen LogP contribution in [0.3, 0.4) is 0 Å². The van der Waals surface area contributed by atoms with Gasteiger partial charge in [-0.05, 0) is 23.4 Å². The highest BCUT2D eigenvalue weighted by Gasteiger charge is 2.21. The lowest BCUT2D eigenvalue weighted by molar-refractivity contribution is -0.120. The van der Waals surface area contributed by atoms with Crippen LogP contribution >= 0.6 is 11.3 Å². The average molecular weight is 373 g/mol. The van der Waals surface area contributed by atoms with Crippen LogP contribution in [0.15, 0.2) is 27.4 Å². The number of carbonyl (C=O) groups is 1. The molecular formula is C17H19N5O3S. The summed E-state index contributed by atoms with van der Waals surface area (Å²) in [5.74, 6) is 0.0129. The van der Waals surface area contributed by atoms with Gasteiger partial charge in [-0.3, -0.25) is 23.6 Å². The monoisotopic (exact) mass is 373 g/mol. The number of carbonyl (C=O) groups excluding carboxylic acids is 1. The summed E-state index contributed by atoms with van der Waals surface area (Å²) in [5, 5.41) is 2.09.